The van der Waals surface area contributed by atoms with Gasteiger partial charge in [0.2, 0.25) is 11.8 Å². The maximum atomic E-state index is 13.0. The molecule has 0 N–H and O–H groups in total. The number of Topliss-reactive ketones (excluding diaryl/α,β-unsaturated/α-hetero) is 1. The molecule has 0 unspecified atom stereocenters. The Hall–Kier alpha value is -2.37. The molecule has 0 saturated carbocycles. The molecule has 1 saturated heterocycles. The van der Waals surface area contributed by atoms with Gasteiger partial charge in [-0.1, -0.05) is 13.8 Å². The van der Waals surface area contributed by atoms with Crippen LogP contribution in [0, 0.1) is 5.92 Å². The van der Waals surface area contributed by atoms with Crippen LogP contribution in [0.2, 0.25) is 0 Å². The Morgan fingerprint density at radius 3 is 2.73 bits per heavy atom. The number of carbonyl (C=O) groups is 3. The number of nitrogens with zero attached hydrogens (tertiary/aromatic N) is 2. The molecule has 3 rings (SSSR count). The highest BCUT2D eigenvalue weighted by atomic mass is 16.5. The quantitative estimate of drug-likeness (QED) is 0.833. The van der Waals surface area contributed by atoms with Crippen molar-refractivity contribution in [3.05, 3.63) is 23.8 Å². The van der Waals surface area contributed by atoms with E-state index in [9.17, 15) is 14.4 Å². The molecule has 0 radical (unpaired) electrons. The van der Waals surface area contributed by atoms with Crippen molar-refractivity contribution < 1.29 is 19.1 Å². The van der Waals surface area contributed by atoms with Crippen LogP contribution in [0.5, 0.6) is 5.75 Å². The number of ketones is 1. The lowest BCUT2D eigenvalue weighted by atomic mass is 10.0. The standard InChI is InChI=1S/C20H26N2O4/c1-13(2)12-26-15-7-8-17-16(11-15)19(24)6-4-5-18-20(25)22(17)10-9-21(18)14(3)23/h7-8,11,13,18H,4-6,9-10,12H2,1-3H3/t18-/m1/s1. The average Bonchev–Trinajstić information content (AvgIpc) is 2.62. The number of rotatable bonds is 3. The number of hydrogen-bond acceptors (Lipinski definition) is 4. The number of fused-ring (bicyclic) bond motifs is 4. The molecule has 2 amide bonds. The fraction of sp³-hybridized carbons (Fsp3) is 0.550. The smallest absolute Gasteiger partial charge is 0.249 e. The van der Waals surface area contributed by atoms with E-state index in [0.29, 0.717) is 61.9 Å². The summed E-state index contributed by atoms with van der Waals surface area (Å²) in [4.78, 5) is 40.9. The normalized spacial score (nSPS) is 20.4. The Labute approximate surface area is 154 Å². The minimum atomic E-state index is -0.475. The van der Waals surface area contributed by atoms with E-state index in [0.717, 1.165) is 0 Å². The van der Waals surface area contributed by atoms with Gasteiger partial charge in [-0.2, -0.15) is 0 Å². The fourth-order valence-corrected chi connectivity index (χ4v) is 3.60. The van der Waals surface area contributed by atoms with Crippen LogP contribution in [0.25, 0.3) is 0 Å². The van der Waals surface area contributed by atoms with E-state index in [-0.39, 0.29) is 17.6 Å². The maximum Gasteiger partial charge on any atom is 0.249 e. The van der Waals surface area contributed by atoms with Gasteiger partial charge in [0.1, 0.15) is 11.8 Å². The van der Waals surface area contributed by atoms with E-state index in [1.54, 1.807) is 21.9 Å². The van der Waals surface area contributed by atoms with Gasteiger partial charge >= 0.3 is 0 Å². The number of benzene rings is 1. The molecule has 2 heterocycles. The zero-order valence-corrected chi connectivity index (χ0v) is 15.7. The van der Waals surface area contributed by atoms with Crippen molar-refractivity contribution in [3.8, 4) is 5.75 Å². The van der Waals surface area contributed by atoms with E-state index in [4.69, 9.17) is 4.74 Å². The third-order valence-electron chi connectivity index (χ3n) is 4.92. The summed E-state index contributed by atoms with van der Waals surface area (Å²) < 4.78 is 5.76. The number of ether oxygens (including phenoxy) is 1. The molecule has 0 aromatic heterocycles. The molecule has 26 heavy (non-hydrogen) atoms. The molecule has 1 atom stereocenters. The largest absolute Gasteiger partial charge is 0.493 e. The molecule has 2 aliphatic heterocycles. The summed E-state index contributed by atoms with van der Waals surface area (Å²) in [6.07, 6.45) is 1.47. The van der Waals surface area contributed by atoms with Gasteiger partial charge in [0.15, 0.2) is 5.78 Å². The first-order chi connectivity index (χ1) is 12.4. The lowest BCUT2D eigenvalue weighted by Crippen LogP contribution is -2.58. The molecular formula is C20H26N2O4. The molecule has 6 heteroatoms. The molecule has 2 aliphatic rings. The van der Waals surface area contributed by atoms with Crippen molar-refractivity contribution in [1.29, 1.82) is 0 Å². The Bertz CT molecular complexity index is 729. The van der Waals surface area contributed by atoms with Crippen LogP contribution in [0.3, 0.4) is 0 Å². The summed E-state index contributed by atoms with van der Waals surface area (Å²) in [5.74, 6) is 0.864. The van der Waals surface area contributed by atoms with Gasteiger partial charge in [0.05, 0.1) is 12.3 Å². The lowest BCUT2D eigenvalue weighted by molar-refractivity contribution is -0.140. The molecule has 140 valence electrons. The second-order valence-electron chi connectivity index (χ2n) is 7.42. The summed E-state index contributed by atoms with van der Waals surface area (Å²) in [7, 11) is 0. The van der Waals surface area contributed by atoms with Gasteiger partial charge in [-0.15, -0.1) is 0 Å². The lowest BCUT2D eigenvalue weighted by Gasteiger charge is -2.40. The van der Waals surface area contributed by atoms with E-state index >= 15 is 0 Å². The van der Waals surface area contributed by atoms with Gasteiger partial charge in [-0.05, 0) is 37.0 Å². The van der Waals surface area contributed by atoms with E-state index in [1.807, 2.05) is 6.07 Å². The Kier molecular flexibility index (Phi) is 5.30. The summed E-state index contributed by atoms with van der Waals surface area (Å²) in [6.45, 7) is 7.09. The van der Waals surface area contributed by atoms with Gasteiger partial charge in [-0.3, -0.25) is 14.4 Å². The maximum absolute atomic E-state index is 13.0. The van der Waals surface area contributed by atoms with Crippen LogP contribution in [0.1, 0.15) is 50.4 Å². The molecule has 0 spiro atoms. The van der Waals surface area contributed by atoms with Crippen molar-refractivity contribution in [2.45, 2.75) is 46.1 Å². The number of carbonyl (C=O) groups excluding carboxylic acids is 3. The van der Waals surface area contributed by atoms with Crippen molar-refractivity contribution in [2.75, 3.05) is 24.6 Å². The number of piperazine rings is 1. The summed E-state index contributed by atoms with van der Waals surface area (Å²) in [6, 6.07) is 4.89. The van der Waals surface area contributed by atoms with Gasteiger partial charge in [0.25, 0.3) is 0 Å². The van der Waals surface area contributed by atoms with Gasteiger partial charge < -0.3 is 14.5 Å². The molecule has 6 nitrogen and oxygen atoms in total. The fourth-order valence-electron chi connectivity index (χ4n) is 3.60. The van der Waals surface area contributed by atoms with Crippen molar-refractivity contribution in [3.63, 3.8) is 0 Å². The summed E-state index contributed by atoms with van der Waals surface area (Å²) in [5.41, 5.74) is 1.17. The molecule has 0 aliphatic carbocycles. The Morgan fingerprint density at radius 1 is 1.27 bits per heavy atom. The second kappa shape index (κ2) is 7.48. The van der Waals surface area contributed by atoms with Crippen molar-refractivity contribution in [2.24, 2.45) is 5.92 Å². The van der Waals surface area contributed by atoms with Crippen molar-refractivity contribution >= 4 is 23.3 Å². The van der Waals surface area contributed by atoms with Crippen LogP contribution < -0.4 is 9.64 Å². The van der Waals surface area contributed by atoms with E-state index < -0.39 is 6.04 Å². The first kappa shape index (κ1) is 18.4. The monoisotopic (exact) mass is 358 g/mol. The molecule has 2 bridgehead atoms. The first-order valence-corrected chi connectivity index (χ1v) is 9.27. The molecule has 1 fully saturated rings. The highest BCUT2D eigenvalue weighted by Gasteiger charge is 2.38. The molecular weight excluding hydrogens is 332 g/mol. The highest BCUT2D eigenvalue weighted by molar-refractivity contribution is 6.08. The predicted molar refractivity (Wildman–Crippen MR) is 98.5 cm³/mol. The van der Waals surface area contributed by atoms with E-state index in [1.165, 1.54) is 6.92 Å². The topological polar surface area (TPSA) is 66.9 Å². The molecule has 1 aromatic carbocycles. The SMILES string of the molecule is CC(=O)N1CCN2C(=O)[C@H]1CCCC(=O)c1cc(OCC(C)C)ccc12. The third kappa shape index (κ3) is 3.59. The van der Waals surface area contributed by atoms with Crippen LogP contribution in [-0.2, 0) is 9.59 Å². The number of anilines is 1. The average molecular weight is 358 g/mol. The number of amides is 2. The van der Waals surface area contributed by atoms with Crippen LogP contribution in [0.4, 0.5) is 5.69 Å². The van der Waals surface area contributed by atoms with Gasteiger partial charge in [-0.25, -0.2) is 0 Å². The summed E-state index contributed by atoms with van der Waals surface area (Å²) in [5, 5.41) is 0. The van der Waals surface area contributed by atoms with Crippen LogP contribution in [-0.4, -0.2) is 48.2 Å². The molecule has 1 aromatic rings. The summed E-state index contributed by atoms with van der Waals surface area (Å²) >= 11 is 0. The van der Waals surface area contributed by atoms with Gasteiger partial charge in [0, 0.05) is 32.0 Å². The van der Waals surface area contributed by atoms with Crippen LogP contribution in [0.15, 0.2) is 18.2 Å². The number of hydrogen-bond donors (Lipinski definition) is 0. The van der Waals surface area contributed by atoms with E-state index in [2.05, 4.69) is 13.8 Å². The van der Waals surface area contributed by atoms with Crippen LogP contribution >= 0.6 is 0 Å². The zero-order chi connectivity index (χ0) is 18.8. The predicted octanol–water partition coefficient (Wildman–Crippen LogP) is 2.65. The minimum Gasteiger partial charge on any atom is -0.493 e. The van der Waals surface area contributed by atoms with Crippen molar-refractivity contribution in [1.82, 2.24) is 4.90 Å². The highest BCUT2D eigenvalue weighted by Crippen LogP contribution is 2.32. The Balaban J connectivity index is 1.96. The first-order valence-electron chi connectivity index (χ1n) is 9.27. The minimum absolute atomic E-state index is 0.0183. The Morgan fingerprint density at radius 2 is 2.04 bits per heavy atom. The second-order valence-corrected chi connectivity index (χ2v) is 7.42. The third-order valence-corrected chi connectivity index (χ3v) is 4.92. The zero-order valence-electron chi connectivity index (χ0n) is 15.7.